The molecule has 0 aliphatic heterocycles. The molecule has 94 valence electrons. The maximum Gasteiger partial charge on any atom is 0.422 e. The molecule has 0 aromatic carbocycles. The van der Waals surface area contributed by atoms with Gasteiger partial charge in [0.05, 0.1) is 6.10 Å². The Morgan fingerprint density at radius 2 is 1.94 bits per heavy atom. The predicted molar refractivity (Wildman–Crippen MR) is 43.6 cm³/mol. The first kappa shape index (κ1) is 14.5. The number of hydrogen-bond acceptors (Lipinski definition) is 4. The molecular weight excluding hydrogens is 235 g/mol. The van der Waals surface area contributed by atoms with Crippen LogP contribution in [0.3, 0.4) is 0 Å². The zero-order chi connectivity index (χ0) is 12.9. The van der Waals surface area contributed by atoms with E-state index in [4.69, 9.17) is 10.2 Å². The molecule has 0 fully saturated rings. The molecule has 1 amide bonds. The van der Waals surface area contributed by atoms with E-state index in [-0.39, 0.29) is 0 Å². The molecule has 0 rings (SSSR count). The van der Waals surface area contributed by atoms with Crippen LogP contribution in [-0.4, -0.2) is 47.2 Å². The number of halogens is 3. The lowest BCUT2D eigenvalue weighted by Crippen LogP contribution is -2.48. The Labute approximate surface area is 88.0 Å². The topological polar surface area (TPSA) is 95.9 Å². The van der Waals surface area contributed by atoms with Crippen LogP contribution in [0.2, 0.25) is 0 Å². The van der Waals surface area contributed by atoms with Crippen LogP contribution in [0.1, 0.15) is 6.92 Å². The summed E-state index contributed by atoms with van der Waals surface area (Å²) in [6.07, 6.45) is -7.72. The van der Waals surface area contributed by atoms with Crippen molar-refractivity contribution in [1.82, 2.24) is 5.32 Å². The maximum absolute atomic E-state index is 11.6. The Bertz CT molecular complexity index is 265. The molecule has 9 heteroatoms. The largest absolute Gasteiger partial charge is 0.480 e. The van der Waals surface area contributed by atoms with Gasteiger partial charge in [-0.25, -0.2) is 9.59 Å². The Morgan fingerprint density at radius 3 is 2.25 bits per heavy atom. The highest BCUT2D eigenvalue weighted by Crippen LogP contribution is 2.14. The second-order valence-electron chi connectivity index (χ2n) is 2.89. The summed E-state index contributed by atoms with van der Waals surface area (Å²) in [7, 11) is 0. The molecule has 0 radical (unpaired) electrons. The molecule has 0 unspecified atom stereocenters. The summed E-state index contributed by atoms with van der Waals surface area (Å²) in [5.74, 6) is -1.58. The lowest BCUT2D eigenvalue weighted by molar-refractivity contribution is -0.160. The molecule has 0 saturated carbocycles. The molecular formula is C7H10F3NO5. The van der Waals surface area contributed by atoms with Crippen molar-refractivity contribution in [2.24, 2.45) is 0 Å². The summed E-state index contributed by atoms with van der Waals surface area (Å²) in [6, 6.07) is -1.72. The minimum atomic E-state index is -4.69. The second-order valence-corrected chi connectivity index (χ2v) is 2.89. The van der Waals surface area contributed by atoms with Crippen molar-refractivity contribution < 1.29 is 37.7 Å². The number of amides is 1. The smallest absolute Gasteiger partial charge is 0.422 e. The first-order chi connectivity index (χ1) is 7.13. The van der Waals surface area contributed by atoms with Crippen molar-refractivity contribution in [3.8, 4) is 0 Å². The number of carbonyl (C=O) groups excluding carboxylic acids is 1. The van der Waals surface area contributed by atoms with Gasteiger partial charge in [-0.15, -0.1) is 0 Å². The van der Waals surface area contributed by atoms with Crippen LogP contribution in [0.4, 0.5) is 18.0 Å². The minimum Gasteiger partial charge on any atom is -0.480 e. The molecule has 0 heterocycles. The third-order valence-electron chi connectivity index (χ3n) is 1.39. The minimum absolute atomic E-state index is 1.06. The van der Waals surface area contributed by atoms with Crippen LogP contribution in [0.15, 0.2) is 0 Å². The zero-order valence-electron chi connectivity index (χ0n) is 8.11. The van der Waals surface area contributed by atoms with Crippen LogP contribution in [0.5, 0.6) is 0 Å². The summed E-state index contributed by atoms with van der Waals surface area (Å²) >= 11 is 0. The number of hydrogen-bond donors (Lipinski definition) is 3. The summed E-state index contributed by atoms with van der Waals surface area (Å²) < 4.78 is 38.5. The van der Waals surface area contributed by atoms with Crippen LogP contribution in [0.25, 0.3) is 0 Å². The molecule has 16 heavy (non-hydrogen) atoms. The molecule has 2 atom stereocenters. The number of carbonyl (C=O) groups is 2. The number of ether oxygens (including phenoxy) is 1. The monoisotopic (exact) mass is 245 g/mol. The SMILES string of the molecule is C[C@@H](O)[C@H](NC(=O)OCC(F)(F)F)C(=O)O. The lowest BCUT2D eigenvalue weighted by atomic mass is 10.2. The number of carboxylic acids is 1. The van der Waals surface area contributed by atoms with Gasteiger partial charge in [0, 0.05) is 0 Å². The zero-order valence-corrected chi connectivity index (χ0v) is 8.11. The van der Waals surface area contributed by atoms with E-state index in [1.54, 1.807) is 5.32 Å². The average molecular weight is 245 g/mol. The number of aliphatic hydroxyl groups excluding tert-OH is 1. The summed E-state index contributed by atoms with van der Waals surface area (Å²) in [4.78, 5) is 21.1. The van der Waals surface area contributed by atoms with Crippen molar-refractivity contribution in [2.45, 2.75) is 25.2 Å². The highest BCUT2D eigenvalue weighted by atomic mass is 19.4. The number of alkyl carbamates (subject to hydrolysis) is 1. The Kier molecular flexibility index (Phi) is 5.02. The first-order valence-electron chi connectivity index (χ1n) is 4.04. The Hall–Kier alpha value is -1.51. The van der Waals surface area contributed by atoms with Gasteiger partial charge in [0.25, 0.3) is 0 Å². The first-order valence-corrected chi connectivity index (χ1v) is 4.04. The average Bonchev–Trinajstić information content (AvgIpc) is 2.08. The second kappa shape index (κ2) is 5.54. The number of aliphatic carboxylic acids is 1. The third kappa shape index (κ3) is 6.06. The van der Waals surface area contributed by atoms with Gasteiger partial charge >= 0.3 is 18.2 Å². The van der Waals surface area contributed by atoms with Gasteiger partial charge < -0.3 is 20.3 Å². The molecule has 0 spiro atoms. The van der Waals surface area contributed by atoms with Crippen LogP contribution in [-0.2, 0) is 9.53 Å². The molecule has 3 N–H and O–H groups in total. The maximum atomic E-state index is 11.6. The summed E-state index contributed by atoms with van der Waals surface area (Å²) in [6.45, 7) is -0.770. The molecule has 0 aliphatic rings. The van der Waals surface area contributed by atoms with E-state index in [0.717, 1.165) is 6.92 Å². The van der Waals surface area contributed by atoms with Crippen molar-refractivity contribution >= 4 is 12.1 Å². The number of aliphatic hydroxyl groups is 1. The van der Waals surface area contributed by atoms with Crippen molar-refractivity contribution in [2.75, 3.05) is 6.61 Å². The highest BCUT2D eigenvalue weighted by molar-refractivity contribution is 5.80. The quantitative estimate of drug-likeness (QED) is 0.653. The predicted octanol–water partition coefficient (Wildman–Crippen LogP) is 0.109. The highest BCUT2D eigenvalue weighted by Gasteiger charge is 2.31. The van der Waals surface area contributed by atoms with Crippen molar-refractivity contribution in [3.63, 3.8) is 0 Å². The van der Waals surface area contributed by atoms with Gasteiger partial charge in [-0.3, -0.25) is 0 Å². The fourth-order valence-corrected chi connectivity index (χ4v) is 0.705. The van der Waals surface area contributed by atoms with Crippen molar-refractivity contribution in [1.29, 1.82) is 0 Å². The fourth-order valence-electron chi connectivity index (χ4n) is 0.705. The number of nitrogens with one attached hydrogen (secondary N) is 1. The van der Waals surface area contributed by atoms with Gasteiger partial charge in [-0.2, -0.15) is 13.2 Å². The van der Waals surface area contributed by atoms with E-state index < -0.39 is 37.0 Å². The van der Waals surface area contributed by atoms with E-state index in [1.165, 1.54) is 0 Å². The Balaban J connectivity index is 4.17. The molecule has 0 aromatic rings. The summed E-state index contributed by atoms with van der Waals surface area (Å²) in [5.41, 5.74) is 0. The molecule has 0 bridgehead atoms. The van der Waals surface area contributed by atoms with Gasteiger partial charge in [0.1, 0.15) is 0 Å². The normalized spacial score (nSPS) is 15.1. The molecule has 0 aliphatic carbocycles. The van der Waals surface area contributed by atoms with Crippen LogP contribution < -0.4 is 5.32 Å². The van der Waals surface area contributed by atoms with Crippen molar-refractivity contribution in [3.05, 3.63) is 0 Å². The van der Waals surface area contributed by atoms with Crippen LogP contribution in [0, 0.1) is 0 Å². The van der Waals surface area contributed by atoms with Gasteiger partial charge in [0.2, 0.25) is 0 Å². The summed E-state index contributed by atoms with van der Waals surface area (Å²) in [5, 5.41) is 18.9. The van der Waals surface area contributed by atoms with Crippen LogP contribution >= 0.6 is 0 Å². The molecule has 0 aromatic heterocycles. The van der Waals surface area contributed by atoms with Gasteiger partial charge in [0.15, 0.2) is 12.6 Å². The molecule has 6 nitrogen and oxygen atoms in total. The fraction of sp³-hybridized carbons (Fsp3) is 0.714. The standard InChI is InChI=1S/C7H10F3NO5/c1-3(12)4(5(13)14)11-6(15)16-2-7(8,9)10/h3-4,12H,2H2,1H3,(H,11,15)(H,13,14)/t3-,4+/m1/s1. The lowest BCUT2D eigenvalue weighted by Gasteiger charge is -2.17. The number of carboxylic acid groups (broad SMARTS) is 1. The van der Waals surface area contributed by atoms with Gasteiger partial charge in [-0.1, -0.05) is 0 Å². The van der Waals surface area contributed by atoms with E-state index in [9.17, 15) is 22.8 Å². The van der Waals surface area contributed by atoms with E-state index in [2.05, 4.69) is 4.74 Å². The Morgan fingerprint density at radius 1 is 1.44 bits per heavy atom. The number of rotatable bonds is 4. The molecule has 0 saturated heterocycles. The van der Waals surface area contributed by atoms with E-state index >= 15 is 0 Å². The third-order valence-corrected chi connectivity index (χ3v) is 1.39. The van der Waals surface area contributed by atoms with E-state index in [0.29, 0.717) is 0 Å². The van der Waals surface area contributed by atoms with Gasteiger partial charge in [-0.05, 0) is 6.92 Å². The number of alkyl halides is 3. The van der Waals surface area contributed by atoms with E-state index in [1.807, 2.05) is 0 Å².